The molecule has 3 rings (SSSR count). The van der Waals surface area contributed by atoms with Crippen molar-refractivity contribution in [3.8, 4) is 0 Å². The van der Waals surface area contributed by atoms with Gasteiger partial charge in [0.25, 0.3) is 5.91 Å². The molecule has 0 aromatic carbocycles. The summed E-state index contributed by atoms with van der Waals surface area (Å²) in [6.07, 6.45) is 7.50. The van der Waals surface area contributed by atoms with E-state index < -0.39 is 0 Å². The Bertz CT molecular complexity index is 678. The zero-order valence-electron chi connectivity index (χ0n) is 15.5. The molecule has 0 atom stereocenters. The van der Waals surface area contributed by atoms with Gasteiger partial charge in [0.2, 0.25) is 0 Å². The lowest BCUT2D eigenvalue weighted by Crippen LogP contribution is -2.39. The third-order valence-electron chi connectivity index (χ3n) is 4.92. The molecule has 1 fully saturated rings. The molecule has 1 aliphatic heterocycles. The lowest BCUT2D eigenvalue weighted by Gasteiger charge is -2.32. The van der Waals surface area contributed by atoms with Crippen molar-refractivity contribution >= 4 is 11.7 Å². The summed E-state index contributed by atoms with van der Waals surface area (Å²) in [6.45, 7) is 3.92. The highest BCUT2D eigenvalue weighted by Crippen LogP contribution is 2.21. The number of likely N-dealkylation sites (N-methyl/N-ethyl adjacent to an activating group) is 1. The Morgan fingerprint density at radius 3 is 2.77 bits per heavy atom. The summed E-state index contributed by atoms with van der Waals surface area (Å²) < 4.78 is 7.06. The van der Waals surface area contributed by atoms with Crippen LogP contribution in [0, 0.1) is 5.92 Å². The third kappa shape index (κ3) is 4.60. The van der Waals surface area contributed by atoms with Gasteiger partial charge < -0.3 is 14.5 Å². The number of piperidine rings is 1. The van der Waals surface area contributed by atoms with Gasteiger partial charge in [-0.15, -0.1) is 0 Å². The average Bonchev–Trinajstić information content (AvgIpc) is 3.19. The molecule has 0 bridgehead atoms. The molecule has 0 spiro atoms. The zero-order chi connectivity index (χ0) is 18.4. The van der Waals surface area contributed by atoms with Gasteiger partial charge in [-0.2, -0.15) is 5.10 Å². The van der Waals surface area contributed by atoms with Crippen LogP contribution < -0.4 is 4.90 Å². The van der Waals surface area contributed by atoms with Crippen molar-refractivity contribution in [1.82, 2.24) is 19.7 Å². The van der Waals surface area contributed by atoms with Crippen molar-refractivity contribution in [3.63, 3.8) is 0 Å². The van der Waals surface area contributed by atoms with E-state index in [1.54, 1.807) is 13.3 Å². The summed E-state index contributed by atoms with van der Waals surface area (Å²) in [6, 6.07) is 5.71. The van der Waals surface area contributed by atoms with Gasteiger partial charge in [-0.05, 0) is 37.0 Å². The number of hydrogen-bond donors (Lipinski definition) is 0. The first-order valence-corrected chi connectivity index (χ1v) is 9.10. The van der Waals surface area contributed by atoms with Crippen LogP contribution in [0.4, 0.5) is 5.82 Å². The van der Waals surface area contributed by atoms with Gasteiger partial charge >= 0.3 is 0 Å². The van der Waals surface area contributed by atoms with Gasteiger partial charge in [0.05, 0.1) is 12.2 Å². The van der Waals surface area contributed by atoms with Gasteiger partial charge in [0, 0.05) is 58.9 Å². The molecular weight excluding hydrogens is 330 g/mol. The van der Waals surface area contributed by atoms with Crippen LogP contribution in [0.2, 0.25) is 0 Å². The van der Waals surface area contributed by atoms with Crippen molar-refractivity contribution in [1.29, 1.82) is 0 Å². The number of likely N-dealkylation sites (tertiary alicyclic amines) is 1. The highest BCUT2D eigenvalue weighted by molar-refractivity contribution is 5.94. The van der Waals surface area contributed by atoms with Crippen molar-refractivity contribution in [2.75, 3.05) is 45.3 Å². The molecule has 0 radical (unpaired) electrons. The van der Waals surface area contributed by atoms with Crippen LogP contribution in [0.25, 0.3) is 0 Å². The molecule has 1 amide bonds. The van der Waals surface area contributed by atoms with Crippen LogP contribution in [0.5, 0.6) is 0 Å². The number of anilines is 1. The highest BCUT2D eigenvalue weighted by atomic mass is 16.5. The predicted octanol–water partition coefficient (Wildman–Crippen LogP) is 1.91. The Labute approximate surface area is 154 Å². The van der Waals surface area contributed by atoms with Crippen molar-refractivity contribution in [2.24, 2.45) is 5.92 Å². The predicted molar refractivity (Wildman–Crippen MR) is 100 cm³/mol. The topological polar surface area (TPSA) is 63.5 Å². The Balaban J connectivity index is 1.51. The Kier molecular flexibility index (Phi) is 6.22. The SMILES string of the molecule is COCCN(C)c1ccc(C(=O)N2CCC(Cn3cccn3)CC2)cn1. The maximum atomic E-state index is 12.7. The van der Waals surface area contributed by atoms with E-state index in [2.05, 4.69) is 10.1 Å². The number of methoxy groups -OCH3 is 1. The first-order chi connectivity index (χ1) is 12.7. The molecule has 0 unspecified atom stereocenters. The fourth-order valence-electron chi connectivity index (χ4n) is 3.26. The summed E-state index contributed by atoms with van der Waals surface area (Å²) in [4.78, 5) is 21.1. The lowest BCUT2D eigenvalue weighted by atomic mass is 9.96. The van der Waals surface area contributed by atoms with E-state index in [0.29, 0.717) is 18.1 Å². The number of carbonyl (C=O) groups is 1. The van der Waals surface area contributed by atoms with Crippen LogP contribution in [-0.2, 0) is 11.3 Å². The summed E-state index contributed by atoms with van der Waals surface area (Å²) in [5.41, 5.74) is 0.652. The monoisotopic (exact) mass is 357 g/mol. The molecule has 0 N–H and O–H groups in total. The second-order valence-corrected chi connectivity index (χ2v) is 6.78. The molecule has 0 aliphatic carbocycles. The Morgan fingerprint density at radius 1 is 1.35 bits per heavy atom. The molecule has 2 aromatic rings. The fraction of sp³-hybridized carbons (Fsp3) is 0.526. The van der Waals surface area contributed by atoms with E-state index in [-0.39, 0.29) is 5.91 Å². The van der Waals surface area contributed by atoms with Crippen LogP contribution in [0.15, 0.2) is 36.8 Å². The van der Waals surface area contributed by atoms with Crippen LogP contribution in [-0.4, -0.2) is 66.0 Å². The lowest BCUT2D eigenvalue weighted by molar-refractivity contribution is 0.0681. The number of carbonyl (C=O) groups excluding carboxylic acids is 1. The van der Waals surface area contributed by atoms with Crippen LogP contribution in [0.3, 0.4) is 0 Å². The number of hydrogen-bond acceptors (Lipinski definition) is 5. The first kappa shape index (κ1) is 18.4. The molecule has 7 heteroatoms. The molecule has 3 heterocycles. The molecule has 2 aromatic heterocycles. The molecule has 7 nitrogen and oxygen atoms in total. The van der Waals surface area contributed by atoms with E-state index in [1.807, 2.05) is 52.1 Å². The Hall–Kier alpha value is -2.41. The molecule has 1 aliphatic rings. The fourth-order valence-corrected chi connectivity index (χ4v) is 3.26. The number of pyridine rings is 1. The van der Waals surface area contributed by atoms with Gasteiger partial charge in [-0.3, -0.25) is 9.48 Å². The smallest absolute Gasteiger partial charge is 0.255 e. The molecule has 1 saturated heterocycles. The summed E-state index contributed by atoms with van der Waals surface area (Å²) in [5.74, 6) is 1.49. The number of amides is 1. The second kappa shape index (κ2) is 8.80. The minimum atomic E-state index is 0.0705. The highest BCUT2D eigenvalue weighted by Gasteiger charge is 2.24. The maximum Gasteiger partial charge on any atom is 0.255 e. The molecule has 140 valence electrons. The number of nitrogens with zero attached hydrogens (tertiary/aromatic N) is 5. The quantitative estimate of drug-likeness (QED) is 0.757. The van der Waals surface area contributed by atoms with Crippen molar-refractivity contribution in [2.45, 2.75) is 19.4 Å². The standard InChI is InChI=1S/C19H27N5O2/c1-22(12-13-26-2)18-5-4-17(14-20-18)19(25)23-10-6-16(7-11-23)15-24-9-3-8-21-24/h3-5,8-9,14,16H,6-7,10-13,15H2,1-2H3. The minimum absolute atomic E-state index is 0.0705. The summed E-state index contributed by atoms with van der Waals surface area (Å²) in [5, 5.41) is 4.27. The molecule has 0 saturated carbocycles. The maximum absolute atomic E-state index is 12.7. The van der Waals surface area contributed by atoms with E-state index >= 15 is 0 Å². The number of ether oxygens (including phenoxy) is 1. The largest absolute Gasteiger partial charge is 0.383 e. The van der Waals surface area contributed by atoms with E-state index in [0.717, 1.165) is 44.8 Å². The van der Waals surface area contributed by atoms with Gasteiger partial charge in [-0.1, -0.05) is 0 Å². The summed E-state index contributed by atoms with van der Waals surface area (Å²) in [7, 11) is 3.65. The average molecular weight is 357 g/mol. The van der Waals surface area contributed by atoms with E-state index in [4.69, 9.17) is 4.74 Å². The molecular formula is C19H27N5O2. The first-order valence-electron chi connectivity index (χ1n) is 9.10. The third-order valence-corrected chi connectivity index (χ3v) is 4.92. The van der Waals surface area contributed by atoms with Gasteiger partial charge in [0.1, 0.15) is 5.82 Å². The minimum Gasteiger partial charge on any atom is -0.383 e. The molecule has 26 heavy (non-hydrogen) atoms. The number of aromatic nitrogens is 3. The second-order valence-electron chi connectivity index (χ2n) is 6.78. The van der Waals surface area contributed by atoms with Crippen molar-refractivity contribution < 1.29 is 9.53 Å². The van der Waals surface area contributed by atoms with Crippen molar-refractivity contribution in [3.05, 3.63) is 42.4 Å². The van der Waals surface area contributed by atoms with Crippen LogP contribution >= 0.6 is 0 Å². The van der Waals surface area contributed by atoms with Gasteiger partial charge in [-0.25, -0.2) is 4.98 Å². The van der Waals surface area contributed by atoms with Gasteiger partial charge in [0.15, 0.2) is 0 Å². The van der Waals surface area contributed by atoms with E-state index in [1.165, 1.54) is 0 Å². The number of rotatable bonds is 7. The Morgan fingerprint density at radius 2 is 2.15 bits per heavy atom. The van der Waals surface area contributed by atoms with E-state index in [9.17, 15) is 4.79 Å². The van der Waals surface area contributed by atoms with Crippen LogP contribution in [0.1, 0.15) is 23.2 Å². The summed E-state index contributed by atoms with van der Waals surface area (Å²) >= 11 is 0. The zero-order valence-corrected chi connectivity index (χ0v) is 15.5. The normalized spacial score (nSPS) is 15.2.